The van der Waals surface area contributed by atoms with E-state index in [2.05, 4.69) is 5.32 Å². The van der Waals surface area contributed by atoms with Gasteiger partial charge in [0, 0.05) is 6.54 Å². The van der Waals surface area contributed by atoms with E-state index in [-0.39, 0.29) is 19.0 Å². The standard InChI is InChI=1S/C18H31N5O7/c1-3-11(2)16(17(20)28)23(10-30-9-15(26)27)18(29)12-5-4-6-22(12)14(25)8-21-13(24)7-19/h11-12,16H,3-10,19H2,1-2H3,(H2,20,28)(H,21,24)(H,26,27)/t11?,12-,16?/m0/s1. The van der Waals surface area contributed by atoms with Crippen molar-refractivity contribution in [1.29, 1.82) is 0 Å². The first kappa shape index (κ1) is 25.3. The van der Waals surface area contributed by atoms with Gasteiger partial charge in [0.25, 0.3) is 0 Å². The number of carboxylic acid groups (broad SMARTS) is 1. The molecule has 0 aromatic rings. The molecule has 4 amide bonds. The summed E-state index contributed by atoms with van der Waals surface area (Å²) in [6.45, 7) is 2.20. The van der Waals surface area contributed by atoms with Gasteiger partial charge in [0.05, 0.1) is 13.1 Å². The van der Waals surface area contributed by atoms with Crippen molar-refractivity contribution < 1.29 is 33.8 Å². The topological polar surface area (TPSA) is 185 Å². The highest BCUT2D eigenvalue weighted by Crippen LogP contribution is 2.23. The summed E-state index contributed by atoms with van der Waals surface area (Å²) in [5.41, 5.74) is 10.7. The minimum absolute atomic E-state index is 0.264. The van der Waals surface area contributed by atoms with Crippen LogP contribution in [0.3, 0.4) is 0 Å². The summed E-state index contributed by atoms with van der Waals surface area (Å²) in [6, 6.07) is -1.89. The zero-order valence-electron chi connectivity index (χ0n) is 17.3. The molecule has 6 N–H and O–H groups in total. The number of likely N-dealkylation sites (tertiary alicyclic amines) is 1. The van der Waals surface area contributed by atoms with Crippen LogP contribution < -0.4 is 16.8 Å². The Morgan fingerprint density at radius 2 is 1.97 bits per heavy atom. The molecule has 12 heteroatoms. The Hall–Kier alpha value is -2.73. The zero-order chi connectivity index (χ0) is 22.8. The number of primary amides is 1. The van der Waals surface area contributed by atoms with Gasteiger partial charge in [-0.2, -0.15) is 0 Å². The number of nitrogens with one attached hydrogen (secondary N) is 1. The van der Waals surface area contributed by atoms with E-state index in [1.165, 1.54) is 4.90 Å². The average molecular weight is 429 g/mol. The Morgan fingerprint density at radius 3 is 2.50 bits per heavy atom. The van der Waals surface area contributed by atoms with E-state index in [4.69, 9.17) is 21.3 Å². The lowest BCUT2D eigenvalue weighted by molar-refractivity contribution is -0.158. The molecule has 1 aliphatic rings. The molecule has 0 saturated carbocycles. The molecule has 1 aliphatic heterocycles. The second kappa shape index (κ2) is 12.1. The van der Waals surface area contributed by atoms with Gasteiger partial charge in [-0.3, -0.25) is 19.2 Å². The lowest BCUT2D eigenvalue weighted by Gasteiger charge is -2.36. The highest BCUT2D eigenvalue weighted by molar-refractivity contribution is 5.93. The Morgan fingerprint density at radius 1 is 1.30 bits per heavy atom. The van der Waals surface area contributed by atoms with Gasteiger partial charge in [0.2, 0.25) is 23.6 Å². The largest absolute Gasteiger partial charge is 0.480 e. The fourth-order valence-electron chi connectivity index (χ4n) is 3.34. The monoisotopic (exact) mass is 429 g/mol. The lowest BCUT2D eigenvalue weighted by Crippen LogP contribution is -2.58. The van der Waals surface area contributed by atoms with E-state index >= 15 is 0 Å². The van der Waals surface area contributed by atoms with E-state index in [1.807, 2.05) is 6.92 Å². The average Bonchev–Trinajstić information content (AvgIpc) is 3.19. The molecule has 0 spiro atoms. The van der Waals surface area contributed by atoms with Crippen LogP contribution in [0.5, 0.6) is 0 Å². The van der Waals surface area contributed by atoms with Gasteiger partial charge in [0.1, 0.15) is 25.4 Å². The molecule has 2 unspecified atom stereocenters. The van der Waals surface area contributed by atoms with Crippen LogP contribution in [-0.2, 0) is 28.7 Å². The first-order valence-corrected chi connectivity index (χ1v) is 9.79. The van der Waals surface area contributed by atoms with Crippen LogP contribution in [0.15, 0.2) is 0 Å². The van der Waals surface area contributed by atoms with Crippen LogP contribution in [0.2, 0.25) is 0 Å². The first-order chi connectivity index (χ1) is 14.1. The summed E-state index contributed by atoms with van der Waals surface area (Å²) in [6.07, 6.45) is 1.45. The van der Waals surface area contributed by atoms with Crippen molar-refractivity contribution in [1.82, 2.24) is 15.1 Å². The normalized spacial score (nSPS) is 17.8. The zero-order valence-corrected chi connectivity index (χ0v) is 17.3. The summed E-state index contributed by atoms with van der Waals surface area (Å²) >= 11 is 0. The number of carbonyl (C=O) groups is 5. The Kier molecular flexibility index (Phi) is 10.2. The summed E-state index contributed by atoms with van der Waals surface area (Å²) in [5, 5.41) is 11.2. The van der Waals surface area contributed by atoms with Crippen LogP contribution in [0.25, 0.3) is 0 Å². The third kappa shape index (κ3) is 6.95. The van der Waals surface area contributed by atoms with Crippen molar-refractivity contribution in [3.8, 4) is 0 Å². The third-order valence-electron chi connectivity index (χ3n) is 5.03. The summed E-state index contributed by atoms with van der Waals surface area (Å²) in [7, 11) is 0. The van der Waals surface area contributed by atoms with Gasteiger partial charge >= 0.3 is 5.97 Å². The number of hydrogen-bond acceptors (Lipinski definition) is 7. The number of ether oxygens (including phenoxy) is 1. The predicted molar refractivity (Wildman–Crippen MR) is 105 cm³/mol. The van der Waals surface area contributed by atoms with E-state index in [0.29, 0.717) is 25.8 Å². The summed E-state index contributed by atoms with van der Waals surface area (Å²) in [4.78, 5) is 62.4. The molecule has 170 valence electrons. The van der Waals surface area contributed by atoms with E-state index < -0.39 is 55.0 Å². The molecule has 12 nitrogen and oxygen atoms in total. The first-order valence-electron chi connectivity index (χ1n) is 9.79. The lowest BCUT2D eigenvalue weighted by atomic mass is 9.96. The number of nitrogens with two attached hydrogens (primary N) is 2. The molecular weight excluding hydrogens is 398 g/mol. The van der Waals surface area contributed by atoms with Crippen molar-refractivity contribution >= 4 is 29.6 Å². The van der Waals surface area contributed by atoms with E-state index in [0.717, 1.165) is 4.90 Å². The quantitative estimate of drug-likeness (QED) is 0.253. The Bertz CT molecular complexity index is 657. The molecule has 1 fully saturated rings. The fraction of sp³-hybridized carbons (Fsp3) is 0.722. The third-order valence-corrected chi connectivity index (χ3v) is 5.03. The van der Waals surface area contributed by atoms with Crippen molar-refractivity contribution in [2.24, 2.45) is 17.4 Å². The smallest absolute Gasteiger partial charge is 0.329 e. The minimum Gasteiger partial charge on any atom is -0.480 e. The number of carbonyl (C=O) groups excluding carboxylic acids is 4. The van der Waals surface area contributed by atoms with Gasteiger partial charge in [-0.25, -0.2) is 4.79 Å². The molecular formula is C18H31N5O7. The molecule has 0 bridgehead atoms. The van der Waals surface area contributed by atoms with Crippen molar-refractivity contribution in [2.75, 3.05) is 33.0 Å². The van der Waals surface area contributed by atoms with Gasteiger partial charge in [-0.05, 0) is 18.8 Å². The molecule has 0 radical (unpaired) electrons. The maximum Gasteiger partial charge on any atom is 0.329 e. The van der Waals surface area contributed by atoms with Crippen LogP contribution >= 0.6 is 0 Å². The molecule has 0 aliphatic carbocycles. The van der Waals surface area contributed by atoms with Crippen LogP contribution in [0.4, 0.5) is 0 Å². The Balaban J connectivity index is 3.04. The Labute approximate surface area is 174 Å². The van der Waals surface area contributed by atoms with Gasteiger partial charge < -0.3 is 36.4 Å². The number of carboxylic acids is 1. The molecule has 30 heavy (non-hydrogen) atoms. The van der Waals surface area contributed by atoms with Crippen molar-refractivity contribution in [3.63, 3.8) is 0 Å². The molecule has 1 saturated heterocycles. The van der Waals surface area contributed by atoms with Gasteiger partial charge in [0.15, 0.2) is 0 Å². The fourth-order valence-corrected chi connectivity index (χ4v) is 3.34. The van der Waals surface area contributed by atoms with Gasteiger partial charge in [-0.15, -0.1) is 0 Å². The van der Waals surface area contributed by atoms with Crippen LogP contribution in [0, 0.1) is 5.92 Å². The van der Waals surface area contributed by atoms with Crippen LogP contribution in [0.1, 0.15) is 33.1 Å². The number of amides is 4. The minimum atomic E-state index is -1.23. The van der Waals surface area contributed by atoms with Crippen molar-refractivity contribution in [2.45, 2.75) is 45.2 Å². The van der Waals surface area contributed by atoms with E-state index in [1.54, 1.807) is 6.92 Å². The maximum absolute atomic E-state index is 13.3. The van der Waals surface area contributed by atoms with Gasteiger partial charge in [-0.1, -0.05) is 20.3 Å². The maximum atomic E-state index is 13.3. The number of aliphatic carboxylic acids is 1. The molecule has 0 aromatic heterocycles. The number of hydrogen-bond donors (Lipinski definition) is 4. The summed E-state index contributed by atoms with van der Waals surface area (Å²) in [5.74, 6) is -3.80. The van der Waals surface area contributed by atoms with Crippen molar-refractivity contribution in [3.05, 3.63) is 0 Å². The highest BCUT2D eigenvalue weighted by Gasteiger charge is 2.41. The SMILES string of the molecule is CCC(C)C(C(N)=O)N(COCC(=O)O)C(=O)[C@@H]1CCCN1C(=O)CNC(=O)CN. The number of nitrogens with zero attached hydrogens (tertiary/aromatic N) is 2. The van der Waals surface area contributed by atoms with E-state index in [9.17, 15) is 24.0 Å². The summed E-state index contributed by atoms with van der Waals surface area (Å²) < 4.78 is 5.08. The molecule has 0 aromatic carbocycles. The predicted octanol–water partition coefficient (Wildman–Crippen LogP) is -2.16. The molecule has 1 rings (SSSR count). The second-order valence-corrected chi connectivity index (χ2v) is 7.14. The van der Waals surface area contributed by atoms with Crippen LogP contribution in [-0.4, -0.2) is 89.6 Å². The second-order valence-electron chi connectivity index (χ2n) is 7.14. The highest BCUT2D eigenvalue weighted by atomic mass is 16.5. The number of rotatable bonds is 12. The molecule has 3 atom stereocenters. The molecule has 1 heterocycles.